The molecule has 10 aromatic rings. The van der Waals surface area contributed by atoms with Crippen molar-refractivity contribution < 1.29 is 4.42 Å². The van der Waals surface area contributed by atoms with Crippen LogP contribution >= 0.6 is 0 Å². The molecule has 0 saturated heterocycles. The van der Waals surface area contributed by atoms with Crippen LogP contribution in [0.1, 0.15) is 0 Å². The molecular formula is C51H33N3O. The highest BCUT2D eigenvalue weighted by Gasteiger charge is 2.17. The zero-order chi connectivity index (χ0) is 36.6. The smallest absolute Gasteiger partial charge is 0.160 e. The number of furan rings is 1. The number of pyridine rings is 1. The summed E-state index contributed by atoms with van der Waals surface area (Å²) in [7, 11) is 0. The lowest BCUT2D eigenvalue weighted by atomic mass is 9.92. The summed E-state index contributed by atoms with van der Waals surface area (Å²) in [5, 5.41) is 2.20. The van der Waals surface area contributed by atoms with Crippen LogP contribution in [-0.4, -0.2) is 15.0 Å². The lowest BCUT2D eigenvalue weighted by Gasteiger charge is -2.15. The highest BCUT2D eigenvalue weighted by Crippen LogP contribution is 2.39. The molecule has 0 aliphatic carbocycles. The van der Waals surface area contributed by atoms with E-state index >= 15 is 0 Å². The van der Waals surface area contributed by atoms with Crippen molar-refractivity contribution in [1.82, 2.24) is 15.0 Å². The van der Waals surface area contributed by atoms with E-state index in [2.05, 4.69) is 145 Å². The molecule has 3 aromatic heterocycles. The number of aromatic nitrogens is 3. The molecule has 0 atom stereocenters. The third kappa shape index (κ3) is 6.26. The Bertz CT molecular complexity index is 2950. The van der Waals surface area contributed by atoms with Crippen LogP contribution in [0.25, 0.3) is 100 Å². The molecular weight excluding hydrogens is 671 g/mol. The predicted molar refractivity (Wildman–Crippen MR) is 225 cm³/mol. The summed E-state index contributed by atoms with van der Waals surface area (Å²) in [6.45, 7) is 0. The highest BCUT2D eigenvalue weighted by atomic mass is 16.3. The van der Waals surface area contributed by atoms with E-state index in [1.165, 1.54) is 11.1 Å². The van der Waals surface area contributed by atoms with E-state index in [0.717, 1.165) is 83.4 Å². The fourth-order valence-corrected chi connectivity index (χ4v) is 7.44. The summed E-state index contributed by atoms with van der Waals surface area (Å²) in [5.74, 6) is 0.670. The molecule has 0 aliphatic rings. The average molecular weight is 704 g/mol. The van der Waals surface area contributed by atoms with Crippen molar-refractivity contribution in [2.45, 2.75) is 0 Å². The Hall–Kier alpha value is -7.43. The first-order valence-corrected chi connectivity index (χ1v) is 18.4. The minimum absolute atomic E-state index is 0.670. The van der Waals surface area contributed by atoms with Gasteiger partial charge in [0.15, 0.2) is 5.82 Å². The van der Waals surface area contributed by atoms with Gasteiger partial charge >= 0.3 is 0 Å². The van der Waals surface area contributed by atoms with E-state index in [4.69, 9.17) is 14.4 Å². The largest absolute Gasteiger partial charge is 0.456 e. The third-order valence-electron chi connectivity index (χ3n) is 10.2. The Kier molecular flexibility index (Phi) is 8.12. The SMILES string of the molecule is c1ccc(-c2ccc(-c3cc(-c4ccc5oc6ccccc6c5c4)cc(-c4cc(-c5ccccc5-c5ccncc5)nc(-c5ccccc5)n4)c3)cc2)cc1. The number of para-hydroxylation sites is 1. The quantitative estimate of drug-likeness (QED) is 0.166. The van der Waals surface area contributed by atoms with Crippen molar-refractivity contribution in [3.63, 3.8) is 0 Å². The standard InChI is InChI=1S/C51H33N3O/c1-3-11-34(12-4-1)35-19-21-36(22-20-35)40-29-41(39-23-24-50-46(32-39)45-17-9-10-18-49(45)55-50)31-42(30-40)47-33-48(54-51(53-47)38-13-5-2-6-14-38)44-16-8-7-15-43(44)37-25-27-52-28-26-37/h1-33H. The van der Waals surface area contributed by atoms with Gasteiger partial charge in [-0.2, -0.15) is 0 Å². The second-order valence-corrected chi connectivity index (χ2v) is 13.7. The zero-order valence-corrected chi connectivity index (χ0v) is 29.8. The fraction of sp³-hybridized carbons (Fsp3) is 0. The van der Waals surface area contributed by atoms with Gasteiger partial charge in [-0.05, 0) is 99.1 Å². The van der Waals surface area contributed by atoms with Gasteiger partial charge in [-0.25, -0.2) is 9.97 Å². The van der Waals surface area contributed by atoms with Crippen molar-refractivity contribution in [2.75, 3.05) is 0 Å². The van der Waals surface area contributed by atoms with Crippen molar-refractivity contribution in [3.05, 3.63) is 200 Å². The minimum Gasteiger partial charge on any atom is -0.456 e. The molecule has 258 valence electrons. The molecule has 4 heteroatoms. The second-order valence-electron chi connectivity index (χ2n) is 13.7. The topological polar surface area (TPSA) is 51.8 Å². The molecule has 0 radical (unpaired) electrons. The Morgan fingerprint density at radius 2 is 0.855 bits per heavy atom. The Morgan fingerprint density at radius 3 is 1.62 bits per heavy atom. The van der Waals surface area contributed by atoms with Crippen LogP contribution in [-0.2, 0) is 0 Å². The van der Waals surface area contributed by atoms with Crippen LogP contribution in [0.5, 0.6) is 0 Å². The Morgan fingerprint density at radius 1 is 0.309 bits per heavy atom. The maximum Gasteiger partial charge on any atom is 0.160 e. The van der Waals surface area contributed by atoms with Crippen molar-refractivity contribution in [2.24, 2.45) is 0 Å². The van der Waals surface area contributed by atoms with Gasteiger partial charge in [-0.1, -0.05) is 133 Å². The van der Waals surface area contributed by atoms with Gasteiger partial charge in [0.2, 0.25) is 0 Å². The van der Waals surface area contributed by atoms with Gasteiger partial charge in [0.25, 0.3) is 0 Å². The van der Waals surface area contributed by atoms with E-state index in [9.17, 15) is 0 Å². The number of benzene rings is 7. The van der Waals surface area contributed by atoms with Gasteiger partial charge in [0.05, 0.1) is 11.4 Å². The maximum atomic E-state index is 6.21. The van der Waals surface area contributed by atoms with E-state index in [0.29, 0.717) is 5.82 Å². The van der Waals surface area contributed by atoms with Crippen molar-refractivity contribution in [1.29, 1.82) is 0 Å². The van der Waals surface area contributed by atoms with E-state index < -0.39 is 0 Å². The summed E-state index contributed by atoms with van der Waals surface area (Å²) in [6.07, 6.45) is 3.66. The molecule has 0 unspecified atom stereocenters. The Labute approximate surface area is 319 Å². The molecule has 0 spiro atoms. The first-order valence-electron chi connectivity index (χ1n) is 18.4. The van der Waals surface area contributed by atoms with Gasteiger partial charge in [-0.3, -0.25) is 4.98 Å². The normalized spacial score (nSPS) is 11.3. The third-order valence-corrected chi connectivity index (χ3v) is 10.2. The summed E-state index contributed by atoms with van der Waals surface area (Å²) in [4.78, 5) is 14.7. The van der Waals surface area contributed by atoms with Gasteiger partial charge in [0.1, 0.15) is 11.2 Å². The van der Waals surface area contributed by atoms with Crippen LogP contribution in [0, 0.1) is 0 Å². The molecule has 0 aliphatic heterocycles. The van der Waals surface area contributed by atoms with Crippen LogP contribution < -0.4 is 0 Å². The summed E-state index contributed by atoms with van der Waals surface area (Å²) >= 11 is 0. The fourth-order valence-electron chi connectivity index (χ4n) is 7.44. The molecule has 0 saturated carbocycles. The van der Waals surface area contributed by atoms with Crippen LogP contribution in [0.4, 0.5) is 0 Å². The summed E-state index contributed by atoms with van der Waals surface area (Å²) in [5.41, 5.74) is 15.4. The first-order chi connectivity index (χ1) is 27.2. The van der Waals surface area contributed by atoms with Crippen LogP contribution in [0.3, 0.4) is 0 Å². The lowest BCUT2D eigenvalue weighted by molar-refractivity contribution is 0.669. The molecule has 4 nitrogen and oxygen atoms in total. The molecule has 0 bridgehead atoms. The van der Waals surface area contributed by atoms with Crippen LogP contribution in [0.15, 0.2) is 205 Å². The molecule has 0 fully saturated rings. The summed E-state index contributed by atoms with van der Waals surface area (Å²) in [6, 6.07) is 65.6. The molecule has 10 rings (SSSR count). The zero-order valence-electron chi connectivity index (χ0n) is 29.8. The van der Waals surface area contributed by atoms with E-state index in [1.807, 2.05) is 60.9 Å². The van der Waals surface area contributed by atoms with Gasteiger partial charge in [0, 0.05) is 39.9 Å². The van der Waals surface area contributed by atoms with E-state index in [1.54, 1.807) is 0 Å². The predicted octanol–water partition coefficient (Wildman–Crippen LogP) is 13.4. The molecule has 0 N–H and O–H groups in total. The van der Waals surface area contributed by atoms with Gasteiger partial charge < -0.3 is 4.42 Å². The molecule has 3 heterocycles. The number of hydrogen-bond donors (Lipinski definition) is 0. The average Bonchev–Trinajstić information content (AvgIpc) is 3.65. The first kappa shape index (κ1) is 32.2. The van der Waals surface area contributed by atoms with E-state index in [-0.39, 0.29) is 0 Å². The highest BCUT2D eigenvalue weighted by molar-refractivity contribution is 6.06. The molecule has 55 heavy (non-hydrogen) atoms. The Balaban J connectivity index is 1.18. The minimum atomic E-state index is 0.670. The second kappa shape index (κ2) is 13.8. The monoisotopic (exact) mass is 703 g/mol. The number of fused-ring (bicyclic) bond motifs is 3. The number of rotatable bonds is 7. The summed E-state index contributed by atoms with van der Waals surface area (Å²) < 4.78 is 6.21. The lowest BCUT2D eigenvalue weighted by Crippen LogP contribution is -1.97. The van der Waals surface area contributed by atoms with Crippen molar-refractivity contribution >= 4 is 21.9 Å². The van der Waals surface area contributed by atoms with Crippen molar-refractivity contribution in [3.8, 4) is 78.4 Å². The maximum absolute atomic E-state index is 6.21. The molecule has 7 aromatic carbocycles. The number of nitrogens with zero attached hydrogens (tertiary/aromatic N) is 3. The molecule has 0 amide bonds. The van der Waals surface area contributed by atoms with Crippen LogP contribution in [0.2, 0.25) is 0 Å². The van der Waals surface area contributed by atoms with Gasteiger partial charge in [-0.15, -0.1) is 0 Å². The number of hydrogen-bond acceptors (Lipinski definition) is 4.